The monoisotopic (exact) mass is 270 g/mol. The van der Waals surface area contributed by atoms with E-state index in [0.29, 0.717) is 5.92 Å². The first-order valence-corrected chi connectivity index (χ1v) is 7.01. The van der Waals surface area contributed by atoms with Gasteiger partial charge in [-0.1, -0.05) is 18.6 Å². The van der Waals surface area contributed by atoms with Crippen LogP contribution < -0.4 is 4.74 Å². The molecule has 0 aromatic heterocycles. The molecule has 0 spiro atoms. The molecule has 0 aliphatic heterocycles. The molecule has 0 radical (unpaired) electrons. The summed E-state index contributed by atoms with van der Waals surface area (Å²) in [6, 6.07) is 8.25. The maximum atomic E-state index is 6.03. The first-order chi connectivity index (χ1) is 8.80. The lowest BCUT2D eigenvalue weighted by Gasteiger charge is -2.14. The lowest BCUT2D eigenvalue weighted by molar-refractivity contribution is 0.190. The first kappa shape index (κ1) is 15.3. The van der Waals surface area contributed by atoms with Crippen LogP contribution in [-0.4, -0.2) is 26.7 Å². The van der Waals surface area contributed by atoms with Gasteiger partial charge in [-0.3, -0.25) is 0 Å². The van der Waals surface area contributed by atoms with Crippen LogP contribution in [0, 0.1) is 5.92 Å². The van der Waals surface area contributed by atoms with Crippen molar-refractivity contribution in [1.29, 1.82) is 0 Å². The maximum absolute atomic E-state index is 6.03. The van der Waals surface area contributed by atoms with Crippen molar-refractivity contribution in [3.8, 4) is 5.75 Å². The fraction of sp³-hybridized carbons (Fsp3) is 0.600. The van der Waals surface area contributed by atoms with Gasteiger partial charge in [0.05, 0.1) is 7.11 Å². The van der Waals surface area contributed by atoms with Crippen molar-refractivity contribution in [3.05, 3.63) is 29.8 Å². The number of unbranched alkanes of at least 4 members (excludes halogenated alkanes) is 1. The summed E-state index contributed by atoms with van der Waals surface area (Å²) >= 11 is 6.03. The molecule has 1 rings (SSSR count). The number of hydrogen-bond acceptors (Lipinski definition) is 2. The summed E-state index contributed by atoms with van der Waals surface area (Å²) in [6.07, 6.45) is 4.51. The average Bonchev–Trinajstić information content (AvgIpc) is 2.43. The maximum Gasteiger partial charge on any atom is 0.118 e. The fourth-order valence-corrected chi connectivity index (χ4v) is 2.27. The number of benzene rings is 1. The molecule has 0 aliphatic carbocycles. The summed E-state index contributed by atoms with van der Waals surface area (Å²) in [5.74, 6) is 2.18. The summed E-state index contributed by atoms with van der Waals surface area (Å²) in [6.45, 7) is 0.845. The van der Waals surface area contributed by atoms with Gasteiger partial charge < -0.3 is 9.47 Å². The van der Waals surface area contributed by atoms with E-state index in [1.807, 2.05) is 12.1 Å². The quantitative estimate of drug-likeness (QED) is 0.500. The zero-order valence-electron chi connectivity index (χ0n) is 11.3. The summed E-state index contributed by atoms with van der Waals surface area (Å²) in [5.41, 5.74) is 1.33. The molecule has 1 aromatic carbocycles. The lowest BCUT2D eigenvalue weighted by Crippen LogP contribution is -2.07. The summed E-state index contributed by atoms with van der Waals surface area (Å²) in [5, 5.41) is 0. The molecule has 3 heteroatoms. The van der Waals surface area contributed by atoms with Crippen LogP contribution in [0.15, 0.2) is 24.3 Å². The Hall–Kier alpha value is -0.730. The van der Waals surface area contributed by atoms with Gasteiger partial charge in [0.1, 0.15) is 5.75 Å². The highest BCUT2D eigenvalue weighted by molar-refractivity contribution is 6.18. The predicted octanol–water partition coefficient (Wildman–Crippen LogP) is 3.91. The fourth-order valence-electron chi connectivity index (χ4n) is 2.01. The van der Waals surface area contributed by atoms with E-state index in [0.717, 1.165) is 31.1 Å². The van der Waals surface area contributed by atoms with Gasteiger partial charge in [0.2, 0.25) is 0 Å². The summed E-state index contributed by atoms with van der Waals surface area (Å²) < 4.78 is 10.2. The van der Waals surface area contributed by atoms with Gasteiger partial charge in [0, 0.05) is 19.6 Å². The second-order valence-corrected chi connectivity index (χ2v) is 4.87. The first-order valence-electron chi connectivity index (χ1n) is 6.48. The number of halogens is 1. The Labute approximate surface area is 115 Å². The third kappa shape index (κ3) is 5.74. The van der Waals surface area contributed by atoms with E-state index in [1.165, 1.54) is 18.4 Å². The van der Waals surface area contributed by atoms with Crippen molar-refractivity contribution < 1.29 is 9.47 Å². The molecule has 0 aliphatic rings. The van der Waals surface area contributed by atoms with Gasteiger partial charge in [0.15, 0.2) is 0 Å². The molecule has 0 amide bonds. The second kappa shape index (κ2) is 9.23. The van der Waals surface area contributed by atoms with Crippen LogP contribution in [0.5, 0.6) is 5.75 Å². The highest BCUT2D eigenvalue weighted by Crippen LogP contribution is 2.19. The minimum Gasteiger partial charge on any atom is -0.497 e. The number of alkyl halides is 1. The smallest absolute Gasteiger partial charge is 0.118 e. The predicted molar refractivity (Wildman–Crippen MR) is 76.6 cm³/mol. The summed E-state index contributed by atoms with van der Waals surface area (Å²) in [4.78, 5) is 0. The molecule has 0 saturated carbocycles. The van der Waals surface area contributed by atoms with Crippen molar-refractivity contribution >= 4 is 11.6 Å². The van der Waals surface area contributed by atoms with Crippen LogP contribution >= 0.6 is 11.6 Å². The molecule has 102 valence electrons. The largest absolute Gasteiger partial charge is 0.497 e. The van der Waals surface area contributed by atoms with Gasteiger partial charge in [-0.15, -0.1) is 11.6 Å². The molecule has 18 heavy (non-hydrogen) atoms. The molecule has 1 unspecified atom stereocenters. The van der Waals surface area contributed by atoms with Crippen LogP contribution in [0.4, 0.5) is 0 Å². The number of ether oxygens (including phenoxy) is 2. The van der Waals surface area contributed by atoms with E-state index >= 15 is 0 Å². The van der Waals surface area contributed by atoms with Crippen LogP contribution in [-0.2, 0) is 11.2 Å². The van der Waals surface area contributed by atoms with E-state index in [9.17, 15) is 0 Å². The number of methoxy groups -OCH3 is 2. The second-order valence-electron chi connectivity index (χ2n) is 4.56. The van der Waals surface area contributed by atoms with Gasteiger partial charge >= 0.3 is 0 Å². The molecule has 1 aromatic rings. The van der Waals surface area contributed by atoms with E-state index in [4.69, 9.17) is 21.1 Å². The van der Waals surface area contributed by atoms with Crippen LogP contribution in [0.25, 0.3) is 0 Å². The van der Waals surface area contributed by atoms with Crippen molar-refractivity contribution in [2.24, 2.45) is 5.92 Å². The molecule has 0 N–H and O–H groups in total. The molecular formula is C15H23ClO2. The molecule has 0 bridgehead atoms. The van der Waals surface area contributed by atoms with Crippen molar-refractivity contribution in [2.45, 2.75) is 25.7 Å². The van der Waals surface area contributed by atoms with E-state index in [-0.39, 0.29) is 0 Å². The average molecular weight is 271 g/mol. The Morgan fingerprint density at radius 1 is 1.11 bits per heavy atom. The minimum atomic E-state index is 0.553. The normalized spacial score (nSPS) is 12.4. The van der Waals surface area contributed by atoms with Crippen LogP contribution in [0.1, 0.15) is 24.8 Å². The summed E-state index contributed by atoms with van der Waals surface area (Å²) in [7, 11) is 3.43. The molecular weight excluding hydrogens is 248 g/mol. The molecule has 0 heterocycles. The standard InChI is InChI=1S/C15H23ClO2/c1-17-10-4-3-5-14(12-16)11-13-6-8-15(18-2)9-7-13/h6-9,14H,3-5,10-12H2,1-2H3. The zero-order valence-corrected chi connectivity index (χ0v) is 12.1. The highest BCUT2D eigenvalue weighted by atomic mass is 35.5. The van der Waals surface area contributed by atoms with E-state index in [2.05, 4.69) is 12.1 Å². The van der Waals surface area contributed by atoms with Crippen LogP contribution in [0.2, 0.25) is 0 Å². The Morgan fingerprint density at radius 3 is 2.39 bits per heavy atom. The highest BCUT2D eigenvalue weighted by Gasteiger charge is 2.08. The Bertz CT molecular complexity index is 311. The van der Waals surface area contributed by atoms with Gasteiger partial charge in [-0.05, 0) is 42.9 Å². The van der Waals surface area contributed by atoms with Gasteiger partial charge in [-0.2, -0.15) is 0 Å². The van der Waals surface area contributed by atoms with Crippen molar-refractivity contribution in [3.63, 3.8) is 0 Å². The zero-order chi connectivity index (χ0) is 13.2. The van der Waals surface area contributed by atoms with E-state index < -0.39 is 0 Å². The SMILES string of the molecule is COCCCCC(CCl)Cc1ccc(OC)cc1. The number of rotatable bonds is 9. The lowest BCUT2D eigenvalue weighted by atomic mass is 9.96. The Morgan fingerprint density at radius 2 is 1.83 bits per heavy atom. The molecule has 1 atom stereocenters. The number of hydrogen-bond donors (Lipinski definition) is 0. The van der Waals surface area contributed by atoms with Crippen molar-refractivity contribution in [1.82, 2.24) is 0 Å². The van der Waals surface area contributed by atoms with E-state index in [1.54, 1.807) is 14.2 Å². The topological polar surface area (TPSA) is 18.5 Å². The molecule has 0 saturated heterocycles. The van der Waals surface area contributed by atoms with Crippen LogP contribution in [0.3, 0.4) is 0 Å². The third-order valence-corrected chi connectivity index (χ3v) is 3.55. The Balaban J connectivity index is 2.36. The minimum absolute atomic E-state index is 0.553. The molecule has 2 nitrogen and oxygen atoms in total. The van der Waals surface area contributed by atoms with Gasteiger partial charge in [-0.25, -0.2) is 0 Å². The Kier molecular flexibility index (Phi) is 7.86. The van der Waals surface area contributed by atoms with Gasteiger partial charge in [0.25, 0.3) is 0 Å². The third-order valence-electron chi connectivity index (χ3n) is 3.11. The molecule has 0 fully saturated rings. The van der Waals surface area contributed by atoms with Crippen molar-refractivity contribution in [2.75, 3.05) is 26.7 Å².